The molecule has 0 aliphatic carbocycles. The van der Waals surface area contributed by atoms with Crippen LogP contribution in [0.15, 0.2) is 42.5 Å². The molecule has 0 spiro atoms. The van der Waals surface area contributed by atoms with E-state index in [0.717, 1.165) is 11.1 Å². The van der Waals surface area contributed by atoms with Crippen LogP contribution in [0.3, 0.4) is 0 Å². The van der Waals surface area contributed by atoms with E-state index in [2.05, 4.69) is 5.32 Å². The lowest BCUT2D eigenvalue weighted by Gasteiger charge is -2.32. The molecule has 0 saturated heterocycles. The molecule has 0 aliphatic rings. The van der Waals surface area contributed by atoms with Crippen LogP contribution in [-0.4, -0.2) is 28.3 Å². The monoisotopic (exact) mass is 468 g/mol. The number of rotatable bonds is 7. The Labute approximate surface area is 193 Å². The van der Waals surface area contributed by atoms with E-state index in [4.69, 9.17) is 34.8 Å². The van der Waals surface area contributed by atoms with Gasteiger partial charge in [0, 0.05) is 33.6 Å². The first-order chi connectivity index (χ1) is 14.0. The van der Waals surface area contributed by atoms with Crippen LogP contribution in [0, 0.1) is 0 Å². The fraction of sp³-hybridized carbons (Fsp3) is 0.391. The van der Waals surface area contributed by atoms with Crippen LogP contribution < -0.4 is 5.32 Å². The maximum atomic E-state index is 13.2. The highest BCUT2D eigenvalue weighted by molar-refractivity contribution is 6.35. The van der Waals surface area contributed by atoms with Crippen molar-refractivity contribution in [2.24, 2.45) is 0 Å². The molecular formula is C23H27Cl3N2O2. The van der Waals surface area contributed by atoms with Crippen LogP contribution in [0.1, 0.15) is 45.2 Å². The predicted octanol–water partition coefficient (Wildman–Crippen LogP) is 5.91. The van der Waals surface area contributed by atoms with Gasteiger partial charge in [-0.15, -0.1) is 0 Å². The van der Waals surface area contributed by atoms with E-state index in [-0.39, 0.29) is 24.8 Å². The number of nitrogens with zero attached hydrogens (tertiary/aromatic N) is 1. The Morgan fingerprint density at radius 3 is 2.27 bits per heavy atom. The molecule has 2 aromatic rings. The lowest BCUT2D eigenvalue weighted by atomic mass is 10.1. The van der Waals surface area contributed by atoms with Gasteiger partial charge >= 0.3 is 0 Å². The van der Waals surface area contributed by atoms with E-state index >= 15 is 0 Å². The zero-order valence-corrected chi connectivity index (χ0v) is 19.9. The lowest BCUT2D eigenvalue weighted by molar-refractivity contribution is -0.141. The molecule has 30 heavy (non-hydrogen) atoms. The Morgan fingerprint density at radius 1 is 1.00 bits per heavy atom. The van der Waals surface area contributed by atoms with Crippen molar-refractivity contribution in [1.82, 2.24) is 10.2 Å². The quantitative estimate of drug-likeness (QED) is 0.548. The van der Waals surface area contributed by atoms with E-state index < -0.39 is 11.6 Å². The molecule has 2 rings (SSSR count). The molecule has 7 heteroatoms. The maximum Gasteiger partial charge on any atom is 0.242 e. The number of nitrogens with one attached hydrogen (secondary N) is 1. The first kappa shape index (κ1) is 24.5. The number of aryl methyl sites for hydroxylation is 1. The summed E-state index contributed by atoms with van der Waals surface area (Å²) >= 11 is 18.5. The SMILES string of the molecule is C[C@H](C(=O)NC(C)(C)C)N(Cc1ccc(Cl)cc1Cl)C(=O)CCc1ccccc1Cl. The Bertz CT molecular complexity index is 910. The Balaban J connectivity index is 2.23. The summed E-state index contributed by atoms with van der Waals surface area (Å²) in [4.78, 5) is 27.5. The van der Waals surface area contributed by atoms with Crippen LogP contribution in [-0.2, 0) is 22.6 Å². The van der Waals surface area contributed by atoms with Crippen LogP contribution in [0.2, 0.25) is 15.1 Å². The highest BCUT2D eigenvalue weighted by Crippen LogP contribution is 2.24. The normalized spacial score (nSPS) is 12.4. The molecule has 1 N–H and O–H groups in total. The number of carbonyl (C=O) groups is 2. The van der Waals surface area contributed by atoms with Crippen molar-refractivity contribution in [2.45, 2.75) is 58.7 Å². The molecule has 2 amide bonds. The van der Waals surface area contributed by atoms with Gasteiger partial charge in [0.25, 0.3) is 0 Å². The molecule has 0 radical (unpaired) electrons. The fourth-order valence-electron chi connectivity index (χ4n) is 2.98. The van der Waals surface area contributed by atoms with Crippen molar-refractivity contribution in [3.8, 4) is 0 Å². The topological polar surface area (TPSA) is 49.4 Å². The Morgan fingerprint density at radius 2 is 1.67 bits per heavy atom. The van der Waals surface area contributed by atoms with E-state index in [1.165, 1.54) is 0 Å². The molecule has 1 atom stereocenters. The predicted molar refractivity (Wildman–Crippen MR) is 124 cm³/mol. The number of amides is 2. The smallest absolute Gasteiger partial charge is 0.242 e. The van der Waals surface area contributed by atoms with Gasteiger partial charge < -0.3 is 10.2 Å². The number of benzene rings is 2. The summed E-state index contributed by atoms with van der Waals surface area (Å²) in [5.74, 6) is -0.379. The minimum absolute atomic E-state index is 0.155. The van der Waals surface area contributed by atoms with Crippen LogP contribution in [0.5, 0.6) is 0 Å². The number of hydrogen-bond acceptors (Lipinski definition) is 2. The first-order valence-electron chi connectivity index (χ1n) is 9.77. The molecular weight excluding hydrogens is 443 g/mol. The largest absolute Gasteiger partial charge is 0.350 e. The molecule has 0 bridgehead atoms. The summed E-state index contributed by atoms with van der Waals surface area (Å²) in [6.07, 6.45) is 0.707. The first-order valence-corrected chi connectivity index (χ1v) is 10.9. The molecule has 0 aliphatic heterocycles. The standard InChI is InChI=1S/C23H27Cl3N2O2/c1-15(22(30)27-23(2,3)4)28(14-17-9-11-18(24)13-20(17)26)21(29)12-10-16-7-5-6-8-19(16)25/h5-9,11,13,15H,10,12,14H2,1-4H3,(H,27,30)/t15-/m1/s1. The van der Waals surface area contributed by atoms with Gasteiger partial charge in [-0.25, -0.2) is 0 Å². The maximum absolute atomic E-state index is 13.2. The van der Waals surface area contributed by atoms with E-state index in [0.29, 0.717) is 21.5 Å². The molecule has 0 heterocycles. The second-order valence-electron chi connectivity index (χ2n) is 8.26. The van der Waals surface area contributed by atoms with Gasteiger partial charge in [-0.2, -0.15) is 0 Å². The summed E-state index contributed by atoms with van der Waals surface area (Å²) in [6.45, 7) is 7.63. The van der Waals surface area contributed by atoms with Crippen LogP contribution in [0.25, 0.3) is 0 Å². The summed E-state index contributed by atoms with van der Waals surface area (Å²) in [5.41, 5.74) is 1.21. The third-order valence-corrected chi connectivity index (χ3v) is 5.54. The summed E-state index contributed by atoms with van der Waals surface area (Å²) < 4.78 is 0. The second-order valence-corrected chi connectivity index (χ2v) is 9.51. The molecule has 0 fully saturated rings. The Hall–Kier alpha value is -1.75. The van der Waals surface area contributed by atoms with E-state index in [1.54, 1.807) is 36.1 Å². The highest BCUT2D eigenvalue weighted by Gasteiger charge is 2.28. The zero-order chi connectivity index (χ0) is 22.5. The van der Waals surface area contributed by atoms with Gasteiger partial charge in [-0.1, -0.05) is 59.1 Å². The highest BCUT2D eigenvalue weighted by atomic mass is 35.5. The van der Waals surface area contributed by atoms with Crippen molar-refractivity contribution < 1.29 is 9.59 Å². The average molecular weight is 470 g/mol. The summed E-state index contributed by atoms with van der Waals surface area (Å²) in [6, 6.07) is 11.9. The second kappa shape index (κ2) is 10.5. The number of hydrogen-bond donors (Lipinski definition) is 1. The van der Waals surface area contributed by atoms with Crippen molar-refractivity contribution >= 4 is 46.6 Å². The molecule has 0 saturated carbocycles. The third-order valence-electron chi connectivity index (χ3n) is 4.59. The molecule has 2 aromatic carbocycles. The van der Waals surface area contributed by atoms with Crippen LogP contribution in [0.4, 0.5) is 0 Å². The molecule has 162 valence electrons. The van der Waals surface area contributed by atoms with Gasteiger partial charge in [0.1, 0.15) is 6.04 Å². The third kappa shape index (κ3) is 7.19. The minimum atomic E-state index is -0.672. The number of halogens is 3. The minimum Gasteiger partial charge on any atom is -0.350 e. The molecule has 0 aromatic heterocycles. The van der Waals surface area contributed by atoms with Gasteiger partial charge in [-0.05, 0) is 63.4 Å². The van der Waals surface area contributed by atoms with E-state index in [1.807, 2.05) is 39.0 Å². The van der Waals surface area contributed by atoms with Crippen molar-refractivity contribution in [2.75, 3.05) is 0 Å². The lowest BCUT2D eigenvalue weighted by Crippen LogP contribution is -2.52. The van der Waals surface area contributed by atoms with Crippen molar-refractivity contribution in [3.63, 3.8) is 0 Å². The van der Waals surface area contributed by atoms with Crippen molar-refractivity contribution in [1.29, 1.82) is 0 Å². The Kier molecular flexibility index (Phi) is 8.60. The van der Waals surface area contributed by atoms with Gasteiger partial charge in [0.15, 0.2) is 0 Å². The van der Waals surface area contributed by atoms with E-state index in [9.17, 15) is 9.59 Å². The summed E-state index contributed by atoms with van der Waals surface area (Å²) in [7, 11) is 0. The fourth-order valence-corrected chi connectivity index (χ4v) is 3.67. The van der Waals surface area contributed by atoms with Crippen LogP contribution >= 0.6 is 34.8 Å². The van der Waals surface area contributed by atoms with Gasteiger partial charge in [0.05, 0.1) is 0 Å². The van der Waals surface area contributed by atoms with Gasteiger partial charge in [0.2, 0.25) is 11.8 Å². The average Bonchev–Trinajstić information content (AvgIpc) is 2.64. The molecule has 4 nitrogen and oxygen atoms in total. The van der Waals surface area contributed by atoms with Crippen molar-refractivity contribution in [3.05, 3.63) is 68.7 Å². The van der Waals surface area contributed by atoms with Gasteiger partial charge in [-0.3, -0.25) is 9.59 Å². The number of carbonyl (C=O) groups excluding carboxylic acids is 2. The zero-order valence-electron chi connectivity index (χ0n) is 17.6. The molecule has 0 unspecified atom stereocenters. The summed E-state index contributed by atoms with van der Waals surface area (Å²) in [5, 5.41) is 4.53.